The molecule has 0 aliphatic carbocycles. The van der Waals surface area contributed by atoms with Crippen LogP contribution in [0.3, 0.4) is 0 Å². The van der Waals surface area contributed by atoms with Gasteiger partial charge in [0.25, 0.3) is 15.9 Å². The Kier molecular flexibility index (Phi) is 6.51. The highest BCUT2D eigenvalue weighted by Gasteiger charge is 2.25. The van der Waals surface area contributed by atoms with Crippen LogP contribution in [0.15, 0.2) is 41.3 Å². The molecule has 1 aliphatic heterocycles. The smallest absolute Gasteiger partial charge is 0.263 e. The van der Waals surface area contributed by atoms with Crippen molar-refractivity contribution in [3.63, 3.8) is 0 Å². The van der Waals surface area contributed by atoms with E-state index in [0.717, 1.165) is 30.8 Å². The maximum atomic E-state index is 13.0. The average molecular weight is 436 g/mol. The van der Waals surface area contributed by atoms with Crippen LogP contribution in [0, 0.1) is 13.8 Å². The Bertz CT molecular complexity index is 1020. The van der Waals surface area contributed by atoms with E-state index in [-0.39, 0.29) is 15.8 Å². The molecule has 1 aliphatic rings. The van der Waals surface area contributed by atoms with Crippen LogP contribution in [0.1, 0.15) is 28.4 Å². The molecular weight excluding hydrogens is 410 g/mol. The lowest BCUT2D eigenvalue weighted by Crippen LogP contribution is -2.48. The molecule has 0 atom stereocenters. The average Bonchev–Trinajstić information content (AvgIpc) is 2.71. The minimum Gasteiger partial charge on any atom is -0.336 e. The van der Waals surface area contributed by atoms with Gasteiger partial charge in [-0.3, -0.25) is 9.52 Å². The first kappa shape index (κ1) is 21.6. The summed E-state index contributed by atoms with van der Waals surface area (Å²) in [5.41, 5.74) is 2.63. The lowest BCUT2D eigenvalue weighted by atomic mass is 10.1. The molecule has 29 heavy (non-hydrogen) atoms. The summed E-state index contributed by atoms with van der Waals surface area (Å²) in [6.07, 6.45) is 0. The predicted octanol–water partition coefficient (Wildman–Crippen LogP) is 3.54. The van der Waals surface area contributed by atoms with Gasteiger partial charge in [-0.15, -0.1) is 0 Å². The number of halogens is 1. The standard InChI is InChI=1S/C21H26ClN3O3S/c1-4-24-10-12-25(13-11-24)21(26)17-8-9-18(22)20(14-17)29(27,28)23-19-7-5-6-15(2)16(19)3/h5-9,14,23H,4,10-13H2,1-3H3. The fourth-order valence-electron chi connectivity index (χ4n) is 3.35. The molecule has 1 N–H and O–H groups in total. The van der Waals surface area contributed by atoms with Gasteiger partial charge in [-0.25, -0.2) is 8.42 Å². The van der Waals surface area contributed by atoms with E-state index >= 15 is 0 Å². The van der Waals surface area contributed by atoms with Gasteiger partial charge in [0.15, 0.2) is 0 Å². The molecule has 3 rings (SSSR count). The maximum absolute atomic E-state index is 13.0. The SMILES string of the molecule is CCN1CCN(C(=O)c2ccc(Cl)c(S(=O)(=O)Nc3cccc(C)c3C)c2)CC1. The van der Waals surface area contributed by atoms with Crippen molar-refractivity contribution in [3.8, 4) is 0 Å². The van der Waals surface area contributed by atoms with Crippen molar-refractivity contribution in [3.05, 3.63) is 58.1 Å². The number of hydrogen-bond donors (Lipinski definition) is 1. The third-order valence-corrected chi connectivity index (χ3v) is 7.27. The number of sulfonamides is 1. The molecule has 8 heteroatoms. The summed E-state index contributed by atoms with van der Waals surface area (Å²) < 4.78 is 28.6. The van der Waals surface area contributed by atoms with Gasteiger partial charge in [-0.1, -0.05) is 30.7 Å². The number of aryl methyl sites for hydroxylation is 1. The number of hydrogen-bond acceptors (Lipinski definition) is 4. The van der Waals surface area contributed by atoms with Crippen LogP contribution in [0.25, 0.3) is 0 Å². The summed E-state index contributed by atoms with van der Waals surface area (Å²) in [6, 6.07) is 9.82. The topological polar surface area (TPSA) is 69.7 Å². The van der Waals surface area contributed by atoms with Crippen molar-refractivity contribution in [1.82, 2.24) is 9.80 Å². The van der Waals surface area contributed by atoms with Crippen molar-refractivity contribution < 1.29 is 13.2 Å². The first-order valence-electron chi connectivity index (χ1n) is 9.63. The molecule has 0 radical (unpaired) electrons. The summed E-state index contributed by atoms with van der Waals surface area (Å²) in [7, 11) is -3.94. The van der Waals surface area contributed by atoms with Crippen LogP contribution in [0.2, 0.25) is 5.02 Å². The minimum atomic E-state index is -3.94. The molecule has 2 aromatic carbocycles. The number of carbonyl (C=O) groups is 1. The number of rotatable bonds is 5. The molecule has 0 unspecified atom stereocenters. The zero-order valence-corrected chi connectivity index (χ0v) is 18.5. The van der Waals surface area contributed by atoms with Crippen molar-refractivity contribution in [2.45, 2.75) is 25.7 Å². The van der Waals surface area contributed by atoms with E-state index < -0.39 is 10.0 Å². The van der Waals surface area contributed by atoms with E-state index in [9.17, 15) is 13.2 Å². The van der Waals surface area contributed by atoms with Crippen LogP contribution < -0.4 is 4.72 Å². The molecule has 1 amide bonds. The van der Waals surface area contributed by atoms with Gasteiger partial charge in [0, 0.05) is 31.7 Å². The normalized spacial score (nSPS) is 15.4. The number of carbonyl (C=O) groups excluding carboxylic acids is 1. The molecule has 0 spiro atoms. The van der Waals surface area contributed by atoms with Gasteiger partial charge in [0.1, 0.15) is 4.90 Å². The van der Waals surface area contributed by atoms with E-state index in [1.165, 1.54) is 12.1 Å². The Morgan fingerprint density at radius 3 is 2.45 bits per heavy atom. The van der Waals surface area contributed by atoms with E-state index in [1.807, 2.05) is 19.9 Å². The second-order valence-corrected chi connectivity index (χ2v) is 9.28. The maximum Gasteiger partial charge on any atom is 0.263 e. The van der Waals surface area contributed by atoms with Crippen LogP contribution >= 0.6 is 11.6 Å². The first-order chi connectivity index (χ1) is 13.7. The van der Waals surface area contributed by atoms with E-state index in [1.54, 1.807) is 23.1 Å². The highest BCUT2D eigenvalue weighted by Crippen LogP contribution is 2.27. The number of nitrogens with zero attached hydrogens (tertiary/aromatic N) is 2. The number of anilines is 1. The number of amides is 1. The highest BCUT2D eigenvalue weighted by atomic mass is 35.5. The van der Waals surface area contributed by atoms with E-state index in [2.05, 4.69) is 16.5 Å². The predicted molar refractivity (Wildman–Crippen MR) is 116 cm³/mol. The van der Waals surface area contributed by atoms with Crippen LogP contribution in [0.5, 0.6) is 0 Å². The van der Waals surface area contributed by atoms with Crippen molar-refractivity contribution in [2.75, 3.05) is 37.4 Å². The lowest BCUT2D eigenvalue weighted by Gasteiger charge is -2.34. The fourth-order valence-corrected chi connectivity index (χ4v) is 5.00. The Hall–Kier alpha value is -2.09. The molecule has 2 aromatic rings. The Balaban J connectivity index is 1.86. The lowest BCUT2D eigenvalue weighted by molar-refractivity contribution is 0.0643. The summed E-state index contributed by atoms with van der Waals surface area (Å²) in [5, 5.41) is 0.0789. The monoisotopic (exact) mass is 435 g/mol. The van der Waals surface area contributed by atoms with Gasteiger partial charge >= 0.3 is 0 Å². The molecule has 0 aromatic heterocycles. The molecule has 0 bridgehead atoms. The number of nitrogens with one attached hydrogen (secondary N) is 1. The van der Waals surface area contributed by atoms with Crippen LogP contribution in [-0.4, -0.2) is 56.8 Å². The largest absolute Gasteiger partial charge is 0.336 e. The molecule has 1 heterocycles. The zero-order valence-electron chi connectivity index (χ0n) is 16.9. The van der Waals surface area contributed by atoms with Crippen molar-refractivity contribution in [2.24, 2.45) is 0 Å². The quantitative estimate of drug-likeness (QED) is 0.779. The Morgan fingerprint density at radius 1 is 1.10 bits per heavy atom. The second kappa shape index (κ2) is 8.73. The van der Waals surface area contributed by atoms with Gasteiger partial charge < -0.3 is 9.80 Å². The third kappa shape index (κ3) is 4.74. The first-order valence-corrected chi connectivity index (χ1v) is 11.5. The summed E-state index contributed by atoms with van der Waals surface area (Å²) >= 11 is 6.20. The van der Waals surface area contributed by atoms with Crippen LogP contribution in [0.4, 0.5) is 5.69 Å². The second-order valence-electron chi connectivity index (χ2n) is 7.22. The zero-order chi connectivity index (χ0) is 21.2. The summed E-state index contributed by atoms with van der Waals surface area (Å²) in [5.74, 6) is -0.180. The molecular formula is C21H26ClN3O3S. The Morgan fingerprint density at radius 2 is 1.79 bits per heavy atom. The minimum absolute atomic E-state index is 0.0789. The molecule has 1 fully saturated rings. The van der Waals surface area contributed by atoms with Crippen molar-refractivity contribution in [1.29, 1.82) is 0 Å². The van der Waals surface area contributed by atoms with E-state index in [0.29, 0.717) is 24.3 Å². The summed E-state index contributed by atoms with van der Waals surface area (Å²) in [6.45, 7) is 9.69. The summed E-state index contributed by atoms with van der Waals surface area (Å²) in [4.78, 5) is 16.8. The molecule has 6 nitrogen and oxygen atoms in total. The molecule has 0 saturated carbocycles. The number of likely N-dealkylation sites (N-methyl/N-ethyl adjacent to an activating group) is 1. The fraction of sp³-hybridized carbons (Fsp3) is 0.381. The van der Waals surface area contributed by atoms with E-state index in [4.69, 9.17) is 11.6 Å². The van der Waals surface area contributed by atoms with Gasteiger partial charge in [-0.05, 0) is 55.8 Å². The van der Waals surface area contributed by atoms with Gasteiger partial charge in [-0.2, -0.15) is 0 Å². The van der Waals surface area contributed by atoms with Crippen LogP contribution in [-0.2, 0) is 10.0 Å². The number of piperazine rings is 1. The highest BCUT2D eigenvalue weighted by molar-refractivity contribution is 7.92. The Labute approximate surface area is 177 Å². The molecule has 156 valence electrons. The molecule has 1 saturated heterocycles. The van der Waals surface area contributed by atoms with Crippen molar-refractivity contribution >= 4 is 33.2 Å². The number of benzene rings is 2. The van der Waals surface area contributed by atoms with Gasteiger partial charge in [0.2, 0.25) is 0 Å². The third-order valence-electron chi connectivity index (χ3n) is 5.42. The van der Waals surface area contributed by atoms with Gasteiger partial charge in [0.05, 0.1) is 10.7 Å².